The fourth-order valence-corrected chi connectivity index (χ4v) is 4.76. The zero-order valence-electron chi connectivity index (χ0n) is 18.9. The van der Waals surface area contributed by atoms with Gasteiger partial charge in [-0.1, -0.05) is 37.1 Å². The van der Waals surface area contributed by atoms with Crippen molar-refractivity contribution in [3.63, 3.8) is 0 Å². The molecule has 1 fully saturated rings. The zero-order valence-corrected chi connectivity index (χ0v) is 18.9. The van der Waals surface area contributed by atoms with Gasteiger partial charge in [-0.3, -0.25) is 4.79 Å². The quantitative estimate of drug-likeness (QED) is 0.435. The van der Waals surface area contributed by atoms with Crippen molar-refractivity contribution in [3.05, 3.63) is 77.5 Å². The maximum atomic E-state index is 13.6. The Balaban J connectivity index is 1.38. The summed E-state index contributed by atoms with van der Waals surface area (Å²) in [6.45, 7) is 0.299. The third-order valence-electron chi connectivity index (χ3n) is 6.51. The molecule has 2 aromatic carbocycles. The topological polar surface area (TPSA) is 94.5 Å². The second kappa shape index (κ2) is 9.13. The molecule has 2 aromatic heterocycles. The van der Waals surface area contributed by atoms with E-state index >= 15 is 0 Å². The van der Waals surface area contributed by atoms with Gasteiger partial charge >= 0.3 is 0 Å². The van der Waals surface area contributed by atoms with Crippen molar-refractivity contribution >= 4 is 17.2 Å². The molecule has 1 aliphatic carbocycles. The van der Waals surface area contributed by atoms with Gasteiger partial charge in [0.25, 0.3) is 5.91 Å². The molecule has 4 aromatic rings. The molecule has 0 unspecified atom stereocenters. The number of hydrogen-bond acceptors (Lipinski definition) is 5. The number of halogens is 1. The number of nitrogens with one attached hydrogen (secondary N) is 1. The number of nitrogens with two attached hydrogens (primary N) is 1. The van der Waals surface area contributed by atoms with E-state index in [2.05, 4.69) is 21.5 Å². The van der Waals surface area contributed by atoms with Gasteiger partial charge in [0.05, 0.1) is 12.7 Å². The van der Waals surface area contributed by atoms with E-state index < -0.39 is 11.7 Å². The average Bonchev–Trinajstić information content (AvgIpc) is 3.52. The summed E-state index contributed by atoms with van der Waals surface area (Å²) in [5.41, 5.74) is 11.3. The van der Waals surface area contributed by atoms with Crippen molar-refractivity contribution in [3.8, 4) is 16.9 Å². The van der Waals surface area contributed by atoms with Crippen molar-refractivity contribution in [1.29, 1.82) is 0 Å². The van der Waals surface area contributed by atoms with Crippen LogP contribution >= 0.6 is 0 Å². The number of aromatic nitrogens is 3. The molecule has 8 heteroatoms. The van der Waals surface area contributed by atoms with E-state index in [1.165, 1.54) is 50.2 Å². The van der Waals surface area contributed by atoms with Gasteiger partial charge in [-0.25, -0.2) is 13.9 Å². The molecule has 0 atom stereocenters. The molecular formula is C26H26FN5O2. The number of methoxy groups -OCH3 is 1. The number of amides is 1. The fraction of sp³-hybridized carbons (Fsp3) is 0.269. The summed E-state index contributed by atoms with van der Waals surface area (Å²) in [6, 6.07) is 14.0. The van der Waals surface area contributed by atoms with Crippen molar-refractivity contribution in [2.45, 2.75) is 38.1 Å². The summed E-state index contributed by atoms with van der Waals surface area (Å²) in [5.74, 6) is 0.368. The number of anilines is 1. The Labute approximate surface area is 196 Å². The predicted octanol–water partition coefficient (Wildman–Crippen LogP) is 4.71. The Bertz CT molecular complexity index is 1340. The average molecular weight is 460 g/mol. The van der Waals surface area contributed by atoms with Crippen LogP contribution in [0, 0.1) is 5.82 Å². The predicted molar refractivity (Wildman–Crippen MR) is 128 cm³/mol. The lowest BCUT2D eigenvalue weighted by Gasteiger charge is -2.10. The van der Waals surface area contributed by atoms with Gasteiger partial charge in [-0.15, -0.1) is 0 Å². The van der Waals surface area contributed by atoms with Crippen LogP contribution in [-0.2, 0) is 6.54 Å². The minimum absolute atomic E-state index is 0.161. The van der Waals surface area contributed by atoms with Crippen LogP contribution in [0.4, 0.5) is 10.2 Å². The lowest BCUT2D eigenvalue weighted by atomic mass is 10.0. The molecule has 1 amide bonds. The molecule has 0 radical (unpaired) electrons. The first-order chi connectivity index (χ1) is 16.5. The van der Waals surface area contributed by atoms with E-state index in [0.717, 1.165) is 35.0 Å². The van der Waals surface area contributed by atoms with Gasteiger partial charge in [-0.2, -0.15) is 5.10 Å². The Morgan fingerprint density at radius 1 is 1.18 bits per heavy atom. The van der Waals surface area contributed by atoms with Crippen LogP contribution in [-0.4, -0.2) is 27.6 Å². The highest BCUT2D eigenvalue weighted by molar-refractivity contribution is 5.97. The summed E-state index contributed by atoms with van der Waals surface area (Å²) in [6.07, 6.45) is 6.28. The molecular weight excluding hydrogens is 433 g/mol. The highest BCUT2D eigenvalue weighted by atomic mass is 19.1. The number of hydrogen-bond donors (Lipinski definition) is 2. The second-order valence-electron chi connectivity index (χ2n) is 8.59. The zero-order chi connectivity index (χ0) is 23.7. The molecule has 1 aliphatic rings. The number of fused-ring (bicyclic) bond motifs is 1. The maximum absolute atomic E-state index is 13.6. The van der Waals surface area contributed by atoms with Gasteiger partial charge in [0.2, 0.25) is 0 Å². The number of carbonyl (C=O) groups excluding carboxylic acids is 1. The lowest BCUT2D eigenvalue weighted by molar-refractivity contribution is 0.0947. The molecule has 0 aliphatic heterocycles. The van der Waals surface area contributed by atoms with Gasteiger partial charge in [0.15, 0.2) is 5.82 Å². The lowest BCUT2D eigenvalue weighted by Crippen LogP contribution is -2.23. The van der Waals surface area contributed by atoms with Gasteiger partial charge in [0, 0.05) is 23.7 Å². The minimum atomic E-state index is -0.490. The standard InChI is InChI=1S/C26H26FN5O2/c1-34-23-11-10-19(27)12-21(23)26(33)29-14-16-6-8-17(9-7-16)20-13-22(18-4-2-3-5-18)32-24(20)25(28)30-15-31-32/h6-13,15,18H,2-5,14H2,1H3,(H,29,33)(H2,28,30,31). The fourth-order valence-electron chi connectivity index (χ4n) is 4.76. The van der Waals surface area contributed by atoms with Gasteiger partial charge < -0.3 is 15.8 Å². The number of nitrogen functional groups attached to an aromatic ring is 1. The second-order valence-corrected chi connectivity index (χ2v) is 8.59. The molecule has 0 saturated heterocycles. The van der Waals surface area contributed by atoms with Crippen molar-refractivity contribution in [2.24, 2.45) is 0 Å². The Morgan fingerprint density at radius 3 is 2.68 bits per heavy atom. The van der Waals surface area contributed by atoms with Crippen LogP contribution in [0.5, 0.6) is 5.75 Å². The molecule has 0 bridgehead atoms. The Morgan fingerprint density at radius 2 is 1.94 bits per heavy atom. The van der Waals surface area contributed by atoms with Gasteiger partial charge in [0.1, 0.15) is 23.4 Å². The molecule has 174 valence electrons. The normalized spacial score (nSPS) is 13.9. The third kappa shape index (κ3) is 4.07. The van der Waals surface area contributed by atoms with E-state index in [1.807, 2.05) is 28.8 Å². The highest BCUT2D eigenvalue weighted by Gasteiger charge is 2.24. The van der Waals surface area contributed by atoms with E-state index in [0.29, 0.717) is 24.0 Å². The van der Waals surface area contributed by atoms with E-state index in [1.54, 1.807) is 0 Å². The Hall–Kier alpha value is -3.94. The highest BCUT2D eigenvalue weighted by Crippen LogP contribution is 2.39. The van der Waals surface area contributed by atoms with Crippen LogP contribution < -0.4 is 15.8 Å². The molecule has 3 N–H and O–H groups in total. The largest absolute Gasteiger partial charge is 0.496 e. The van der Waals surface area contributed by atoms with E-state index in [4.69, 9.17) is 10.5 Å². The number of carbonyl (C=O) groups is 1. The van der Waals surface area contributed by atoms with Crippen molar-refractivity contribution in [1.82, 2.24) is 19.9 Å². The molecule has 5 rings (SSSR count). The number of nitrogens with zero attached hydrogens (tertiary/aromatic N) is 3. The van der Waals surface area contributed by atoms with E-state index in [-0.39, 0.29) is 5.56 Å². The molecule has 7 nitrogen and oxygen atoms in total. The first-order valence-electron chi connectivity index (χ1n) is 11.4. The van der Waals surface area contributed by atoms with Crippen molar-refractivity contribution < 1.29 is 13.9 Å². The minimum Gasteiger partial charge on any atom is -0.496 e. The summed E-state index contributed by atoms with van der Waals surface area (Å²) in [7, 11) is 1.45. The summed E-state index contributed by atoms with van der Waals surface area (Å²) in [5, 5.41) is 7.32. The first kappa shape index (κ1) is 21.9. The molecule has 2 heterocycles. The van der Waals surface area contributed by atoms with Crippen LogP contribution in [0.1, 0.15) is 53.2 Å². The monoisotopic (exact) mass is 459 g/mol. The molecule has 34 heavy (non-hydrogen) atoms. The third-order valence-corrected chi connectivity index (χ3v) is 6.51. The smallest absolute Gasteiger partial charge is 0.255 e. The van der Waals surface area contributed by atoms with E-state index in [9.17, 15) is 9.18 Å². The molecule has 0 spiro atoms. The summed E-state index contributed by atoms with van der Waals surface area (Å²) < 4.78 is 20.7. The number of ether oxygens (including phenoxy) is 1. The van der Waals surface area contributed by atoms with Crippen LogP contribution in [0.3, 0.4) is 0 Å². The molecule has 1 saturated carbocycles. The van der Waals surface area contributed by atoms with Crippen LogP contribution in [0.25, 0.3) is 16.6 Å². The Kier molecular flexibility index (Phi) is 5.88. The SMILES string of the molecule is COc1ccc(F)cc1C(=O)NCc1ccc(-c2cc(C3CCCC3)n3ncnc(N)c23)cc1. The number of benzene rings is 2. The maximum Gasteiger partial charge on any atom is 0.255 e. The summed E-state index contributed by atoms with van der Waals surface area (Å²) >= 11 is 0. The summed E-state index contributed by atoms with van der Waals surface area (Å²) in [4.78, 5) is 16.8. The number of rotatable bonds is 6. The van der Waals surface area contributed by atoms with Crippen LogP contribution in [0.2, 0.25) is 0 Å². The van der Waals surface area contributed by atoms with Gasteiger partial charge in [-0.05, 0) is 48.2 Å². The van der Waals surface area contributed by atoms with Crippen molar-refractivity contribution in [2.75, 3.05) is 12.8 Å². The van der Waals surface area contributed by atoms with Crippen LogP contribution in [0.15, 0.2) is 54.9 Å². The first-order valence-corrected chi connectivity index (χ1v) is 11.4.